The van der Waals surface area contributed by atoms with Crippen LogP contribution in [0.25, 0.3) is 0 Å². The van der Waals surface area contributed by atoms with Crippen molar-refractivity contribution >= 4 is 33.4 Å². The molecule has 9 nitrogen and oxygen atoms in total. The summed E-state index contributed by atoms with van der Waals surface area (Å²) in [4.78, 5) is 30.3. The number of anilines is 1. The van der Waals surface area contributed by atoms with Crippen LogP contribution in [0.1, 0.15) is 24.8 Å². The van der Waals surface area contributed by atoms with Gasteiger partial charge in [0, 0.05) is 31.7 Å². The molecule has 2 N–H and O–H groups in total. The second-order valence-corrected chi connectivity index (χ2v) is 9.32. The quantitative estimate of drug-likeness (QED) is 0.512. The number of hydrogen-bond acceptors (Lipinski definition) is 7. The molecule has 0 spiro atoms. The number of rotatable bonds is 10. The molecule has 0 aromatic heterocycles. The Morgan fingerprint density at radius 1 is 1.12 bits per heavy atom. The Balaban J connectivity index is 1.65. The van der Waals surface area contributed by atoms with E-state index in [0.717, 1.165) is 12.0 Å². The summed E-state index contributed by atoms with van der Waals surface area (Å²) in [6.45, 7) is 1.46. The van der Waals surface area contributed by atoms with Crippen LogP contribution in [0.5, 0.6) is 0 Å². The van der Waals surface area contributed by atoms with Gasteiger partial charge in [-0.25, -0.2) is 8.42 Å². The summed E-state index contributed by atoms with van der Waals surface area (Å²) in [7, 11) is -2.46. The molecule has 1 aliphatic rings. The highest BCUT2D eigenvalue weighted by molar-refractivity contribution is 7.90. The number of benzene rings is 2. The Morgan fingerprint density at radius 2 is 1.91 bits per heavy atom. The molecule has 33 heavy (non-hydrogen) atoms. The van der Waals surface area contributed by atoms with Crippen molar-refractivity contribution in [3.8, 4) is 0 Å². The lowest BCUT2D eigenvalue weighted by Crippen LogP contribution is -2.34. The zero-order valence-corrected chi connectivity index (χ0v) is 19.3. The van der Waals surface area contributed by atoms with Gasteiger partial charge in [0.15, 0.2) is 0 Å². The first-order valence-corrected chi connectivity index (χ1v) is 12.1. The monoisotopic (exact) mass is 472 g/mol. The van der Waals surface area contributed by atoms with Gasteiger partial charge in [-0.15, -0.1) is 0 Å². The van der Waals surface area contributed by atoms with Gasteiger partial charge in [0.05, 0.1) is 25.0 Å². The smallest absolute Gasteiger partial charge is 0.306 e. The minimum absolute atomic E-state index is 0.0257. The Labute approximate surface area is 193 Å². The third-order valence-electron chi connectivity index (χ3n) is 5.03. The molecule has 3 rings (SSSR count). The molecule has 0 fully saturated rings. The molecule has 10 heteroatoms. The summed E-state index contributed by atoms with van der Waals surface area (Å²) < 4.78 is 32.5. The van der Waals surface area contributed by atoms with Crippen LogP contribution in [0, 0.1) is 0 Å². The fourth-order valence-electron chi connectivity index (χ4n) is 3.39. The van der Waals surface area contributed by atoms with Crippen LogP contribution in [0.15, 0.2) is 64.5 Å². The van der Waals surface area contributed by atoms with E-state index in [9.17, 15) is 18.0 Å². The molecule has 1 aliphatic heterocycles. The Hall–Kier alpha value is -3.24. The fourth-order valence-corrected chi connectivity index (χ4v) is 4.52. The summed E-state index contributed by atoms with van der Waals surface area (Å²) >= 11 is 0. The highest BCUT2D eigenvalue weighted by atomic mass is 32.2. The molecule has 0 unspecified atom stereocenters. The highest BCUT2D eigenvalue weighted by Gasteiger charge is 2.19. The molecule has 176 valence electrons. The van der Waals surface area contributed by atoms with Gasteiger partial charge < -0.3 is 10.1 Å². The summed E-state index contributed by atoms with van der Waals surface area (Å²) in [5, 5.41) is 2.75. The lowest BCUT2D eigenvalue weighted by molar-refractivity contribution is -0.141. The average molecular weight is 473 g/mol. The summed E-state index contributed by atoms with van der Waals surface area (Å²) in [6.07, 6.45) is 1.57. The maximum absolute atomic E-state index is 12.7. The van der Waals surface area contributed by atoms with Gasteiger partial charge in [-0.05, 0) is 30.2 Å². The van der Waals surface area contributed by atoms with Gasteiger partial charge in [0.2, 0.25) is 5.91 Å². The Morgan fingerprint density at radius 3 is 2.61 bits per heavy atom. The number of carbonyl (C=O) groups excluding carboxylic acids is 2. The van der Waals surface area contributed by atoms with E-state index < -0.39 is 10.0 Å². The van der Waals surface area contributed by atoms with Crippen molar-refractivity contribution in [2.75, 3.05) is 32.1 Å². The number of methoxy groups -OCH3 is 1. The van der Waals surface area contributed by atoms with Gasteiger partial charge in [-0.1, -0.05) is 36.4 Å². The number of amides is 1. The van der Waals surface area contributed by atoms with Crippen molar-refractivity contribution in [1.29, 1.82) is 0 Å². The SMILES string of the molecule is COC(=O)CCN(CC(=O)Nc1cccc(S(=O)(=O)NC2=NCCC2)c1)Cc1ccccc1. The third kappa shape index (κ3) is 7.69. The van der Waals surface area contributed by atoms with E-state index in [1.54, 1.807) is 12.1 Å². The topological polar surface area (TPSA) is 117 Å². The molecule has 0 radical (unpaired) electrons. The van der Waals surface area contributed by atoms with Crippen LogP contribution in [0.3, 0.4) is 0 Å². The number of ether oxygens (including phenoxy) is 1. The predicted molar refractivity (Wildman–Crippen MR) is 125 cm³/mol. The molecular formula is C23H28N4O5S. The molecule has 0 aliphatic carbocycles. The molecule has 1 heterocycles. The van der Waals surface area contributed by atoms with Crippen molar-refractivity contribution in [1.82, 2.24) is 9.62 Å². The summed E-state index contributed by atoms with van der Waals surface area (Å²) in [6, 6.07) is 15.7. The minimum Gasteiger partial charge on any atom is -0.469 e. The van der Waals surface area contributed by atoms with Gasteiger partial charge >= 0.3 is 5.97 Å². The van der Waals surface area contributed by atoms with Crippen molar-refractivity contribution in [3.63, 3.8) is 0 Å². The van der Waals surface area contributed by atoms with E-state index in [4.69, 9.17) is 4.74 Å². The van der Waals surface area contributed by atoms with Crippen LogP contribution >= 0.6 is 0 Å². The number of hydrogen-bond donors (Lipinski definition) is 2. The maximum Gasteiger partial charge on any atom is 0.306 e. The van der Waals surface area contributed by atoms with E-state index >= 15 is 0 Å². The maximum atomic E-state index is 12.7. The van der Waals surface area contributed by atoms with E-state index in [2.05, 4.69) is 15.0 Å². The number of sulfonamides is 1. The second kappa shape index (κ2) is 11.6. The number of aliphatic imine (C=N–C) groups is 1. The molecule has 0 bridgehead atoms. The van der Waals surface area contributed by atoms with Crippen LogP contribution in [-0.4, -0.2) is 57.8 Å². The van der Waals surface area contributed by atoms with Crippen LogP contribution in [0.4, 0.5) is 5.69 Å². The molecule has 0 saturated carbocycles. The number of nitrogens with one attached hydrogen (secondary N) is 2. The van der Waals surface area contributed by atoms with Crippen LogP contribution in [0.2, 0.25) is 0 Å². The fraction of sp³-hybridized carbons (Fsp3) is 0.348. The summed E-state index contributed by atoms with van der Waals surface area (Å²) in [5.41, 5.74) is 1.37. The van der Waals surface area contributed by atoms with Gasteiger partial charge in [0.1, 0.15) is 5.84 Å². The first-order chi connectivity index (χ1) is 15.9. The zero-order valence-electron chi connectivity index (χ0n) is 18.5. The van der Waals surface area contributed by atoms with Crippen molar-refractivity contribution in [3.05, 3.63) is 60.2 Å². The summed E-state index contributed by atoms with van der Waals surface area (Å²) in [5.74, 6) is -0.226. The van der Waals surface area contributed by atoms with Gasteiger partial charge in [-0.2, -0.15) is 0 Å². The van der Waals surface area contributed by atoms with E-state index in [1.807, 2.05) is 35.2 Å². The zero-order chi connectivity index (χ0) is 23.7. The van der Waals surface area contributed by atoms with E-state index in [-0.39, 0.29) is 29.7 Å². The molecule has 2 aromatic rings. The van der Waals surface area contributed by atoms with E-state index in [1.165, 1.54) is 19.2 Å². The number of nitrogens with zero attached hydrogens (tertiary/aromatic N) is 2. The third-order valence-corrected chi connectivity index (χ3v) is 6.41. The minimum atomic E-state index is -3.78. The van der Waals surface area contributed by atoms with Crippen molar-refractivity contribution in [2.45, 2.75) is 30.7 Å². The Kier molecular flexibility index (Phi) is 8.56. The highest BCUT2D eigenvalue weighted by Crippen LogP contribution is 2.17. The number of carbonyl (C=O) groups is 2. The van der Waals surface area contributed by atoms with Crippen LogP contribution in [-0.2, 0) is 30.9 Å². The molecule has 0 atom stereocenters. The van der Waals surface area contributed by atoms with Gasteiger partial charge in [0.25, 0.3) is 10.0 Å². The number of esters is 1. The number of amidine groups is 1. The van der Waals surface area contributed by atoms with Crippen LogP contribution < -0.4 is 10.0 Å². The van der Waals surface area contributed by atoms with E-state index in [0.29, 0.717) is 37.6 Å². The Bertz CT molecular complexity index is 1100. The normalized spacial score (nSPS) is 13.5. The largest absolute Gasteiger partial charge is 0.469 e. The molecule has 1 amide bonds. The van der Waals surface area contributed by atoms with Crippen molar-refractivity contribution in [2.24, 2.45) is 4.99 Å². The first-order valence-electron chi connectivity index (χ1n) is 10.6. The molecule has 2 aromatic carbocycles. The second-order valence-electron chi connectivity index (χ2n) is 7.64. The lowest BCUT2D eigenvalue weighted by Gasteiger charge is -2.21. The van der Waals surface area contributed by atoms with Gasteiger partial charge in [-0.3, -0.25) is 24.2 Å². The predicted octanol–water partition coefficient (Wildman–Crippen LogP) is 2.16. The molecule has 0 saturated heterocycles. The standard InChI is InChI=1S/C23H28N4O5S/c1-32-23(29)12-14-27(16-18-7-3-2-4-8-18)17-22(28)25-19-9-5-10-20(15-19)33(30,31)26-21-11-6-13-24-21/h2-5,7-10,15H,6,11-14,16-17H2,1H3,(H,24,26)(H,25,28). The first kappa shape index (κ1) is 24.4. The average Bonchev–Trinajstić information content (AvgIpc) is 3.30. The van der Waals surface area contributed by atoms with Crippen molar-refractivity contribution < 1.29 is 22.7 Å². The lowest BCUT2D eigenvalue weighted by atomic mass is 10.2. The molecular weight excluding hydrogens is 444 g/mol.